The van der Waals surface area contributed by atoms with Gasteiger partial charge in [-0.15, -0.1) is 0 Å². The molecule has 1 saturated heterocycles. The Hall–Kier alpha value is -0.330. The van der Waals surface area contributed by atoms with Gasteiger partial charge in [0.15, 0.2) is 0 Å². The molecular formula is C14H20Cl2N2O2S. The zero-order chi connectivity index (χ0) is 15.6. The number of hydrogen-bond acceptors (Lipinski definition) is 3. The van der Waals surface area contributed by atoms with Gasteiger partial charge >= 0.3 is 0 Å². The molecule has 1 aromatic rings. The summed E-state index contributed by atoms with van der Waals surface area (Å²) in [6.07, 6.45) is 0.884. The van der Waals surface area contributed by atoms with Crippen LogP contribution in [0.4, 0.5) is 0 Å². The van der Waals surface area contributed by atoms with Gasteiger partial charge in [0.2, 0.25) is 10.0 Å². The minimum atomic E-state index is -3.55. The number of nitrogens with zero attached hydrogens (tertiary/aromatic N) is 1. The van der Waals surface area contributed by atoms with Crippen molar-refractivity contribution in [3.05, 3.63) is 27.7 Å². The molecule has 1 N–H and O–H groups in total. The quantitative estimate of drug-likeness (QED) is 0.887. The predicted molar refractivity (Wildman–Crippen MR) is 86.4 cm³/mol. The van der Waals surface area contributed by atoms with E-state index in [0.717, 1.165) is 13.0 Å². The third kappa shape index (κ3) is 3.54. The van der Waals surface area contributed by atoms with Crippen LogP contribution in [-0.4, -0.2) is 32.4 Å². The Bertz CT molecular complexity index is 620. The minimum absolute atomic E-state index is 0.149. The molecule has 0 saturated carbocycles. The molecular weight excluding hydrogens is 331 g/mol. The van der Waals surface area contributed by atoms with Crippen LogP contribution in [0.15, 0.2) is 17.0 Å². The van der Waals surface area contributed by atoms with Crippen molar-refractivity contribution in [2.45, 2.75) is 31.7 Å². The average molecular weight is 351 g/mol. The van der Waals surface area contributed by atoms with E-state index in [9.17, 15) is 8.42 Å². The summed E-state index contributed by atoms with van der Waals surface area (Å²) in [5.74, 6) is 0.382. The van der Waals surface area contributed by atoms with Crippen LogP contribution in [0, 0.1) is 5.92 Å². The van der Waals surface area contributed by atoms with Crippen molar-refractivity contribution < 1.29 is 8.42 Å². The first-order chi connectivity index (χ1) is 9.87. The summed E-state index contributed by atoms with van der Waals surface area (Å²) >= 11 is 12.5. The Balaban J connectivity index is 2.39. The second-order valence-electron chi connectivity index (χ2n) is 5.38. The normalized spacial score (nSPS) is 20.1. The zero-order valence-corrected chi connectivity index (χ0v) is 14.5. The van der Waals surface area contributed by atoms with E-state index in [1.54, 1.807) is 6.07 Å². The van der Waals surface area contributed by atoms with Crippen LogP contribution in [0.2, 0.25) is 10.0 Å². The van der Waals surface area contributed by atoms with Crippen LogP contribution in [0.25, 0.3) is 0 Å². The summed E-state index contributed by atoms with van der Waals surface area (Å²) in [5.41, 5.74) is 0.633. The largest absolute Gasteiger partial charge is 0.313 e. The first-order valence-electron chi connectivity index (χ1n) is 7.05. The second kappa shape index (κ2) is 6.84. The molecule has 1 aliphatic rings. The lowest BCUT2D eigenvalue weighted by molar-refractivity contribution is 0.464. The van der Waals surface area contributed by atoms with Crippen LogP contribution in [-0.2, 0) is 16.6 Å². The van der Waals surface area contributed by atoms with Gasteiger partial charge in [0.25, 0.3) is 0 Å². The third-order valence-corrected chi connectivity index (χ3v) is 6.51. The van der Waals surface area contributed by atoms with E-state index < -0.39 is 10.0 Å². The van der Waals surface area contributed by atoms with Crippen LogP contribution >= 0.6 is 23.2 Å². The maximum absolute atomic E-state index is 12.7. The smallest absolute Gasteiger partial charge is 0.244 e. The molecule has 0 radical (unpaired) electrons. The van der Waals surface area contributed by atoms with E-state index in [4.69, 9.17) is 23.2 Å². The molecule has 1 atom stereocenters. The maximum Gasteiger partial charge on any atom is 0.244 e. The van der Waals surface area contributed by atoms with E-state index in [0.29, 0.717) is 36.1 Å². The lowest BCUT2D eigenvalue weighted by Gasteiger charge is -2.19. The van der Waals surface area contributed by atoms with Crippen molar-refractivity contribution in [2.75, 3.05) is 19.6 Å². The molecule has 0 aromatic heterocycles. The van der Waals surface area contributed by atoms with Crippen molar-refractivity contribution in [1.29, 1.82) is 0 Å². The van der Waals surface area contributed by atoms with E-state index in [1.807, 2.05) is 6.92 Å². The van der Waals surface area contributed by atoms with Crippen LogP contribution in [0.1, 0.15) is 25.8 Å². The van der Waals surface area contributed by atoms with Crippen LogP contribution in [0.5, 0.6) is 0 Å². The van der Waals surface area contributed by atoms with Gasteiger partial charge in [-0.25, -0.2) is 8.42 Å². The van der Waals surface area contributed by atoms with E-state index >= 15 is 0 Å². The molecule has 118 valence electrons. The van der Waals surface area contributed by atoms with Crippen molar-refractivity contribution in [3.8, 4) is 0 Å². The first kappa shape index (κ1) is 17.0. The Kier molecular flexibility index (Phi) is 5.54. The van der Waals surface area contributed by atoms with Crippen molar-refractivity contribution in [3.63, 3.8) is 0 Å². The van der Waals surface area contributed by atoms with Gasteiger partial charge in [-0.1, -0.05) is 37.0 Å². The van der Waals surface area contributed by atoms with Gasteiger partial charge in [-0.2, -0.15) is 4.31 Å². The number of hydrogen-bond donors (Lipinski definition) is 1. The molecule has 1 aromatic carbocycles. The molecule has 7 heteroatoms. The molecule has 0 spiro atoms. The molecule has 0 amide bonds. The fourth-order valence-electron chi connectivity index (χ4n) is 2.44. The number of halogens is 2. The summed E-state index contributed by atoms with van der Waals surface area (Å²) in [6, 6.07) is 3.10. The molecule has 0 aliphatic carbocycles. The SMILES string of the molecule is CCNCc1c(Cl)ccc(S(=O)(=O)N2CCC(C)C2)c1Cl. The molecule has 21 heavy (non-hydrogen) atoms. The molecule has 2 rings (SSSR count). The molecule has 1 unspecified atom stereocenters. The fraction of sp³-hybridized carbons (Fsp3) is 0.571. The summed E-state index contributed by atoms with van der Waals surface area (Å²) in [4.78, 5) is 0.149. The van der Waals surface area contributed by atoms with Gasteiger partial charge in [-0.3, -0.25) is 0 Å². The zero-order valence-electron chi connectivity index (χ0n) is 12.2. The summed E-state index contributed by atoms with van der Waals surface area (Å²) in [5, 5.41) is 3.83. The standard InChI is InChI=1S/C14H20Cl2N2O2S/c1-3-17-8-11-12(15)4-5-13(14(11)16)21(19,20)18-7-6-10(2)9-18/h4-5,10,17H,3,6-9H2,1-2H3. The number of rotatable bonds is 5. The summed E-state index contributed by atoms with van der Waals surface area (Å²) in [6.45, 7) is 6.32. The Labute approximate surface area is 136 Å². The number of sulfonamides is 1. The molecule has 1 fully saturated rings. The van der Waals surface area contributed by atoms with E-state index in [2.05, 4.69) is 12.2 Å². The first-order valence-corrected chi connectivity index (χ1v) is 9.25. The highest BCUT2D eigenvalue weighted by Gasteiger charge is 2.32. The maximum atomic E-state index is 12.7. The predicted octanol–water partition coefficient (Wildman–Crippen LogP) is 3.13. The molecule has 1 aliphatic heterocycles. The van der Waals surface area contributed by atoms with Gasteiger partial charge in [0, 0.05) is 30.2 Å². The number of nitrogens with one attached hydrogen (secondary N) is 1. The lowest BCUT2D eigenvalue weighted by atomic mass is 10.2. The van der Waals surface area contributed by atoms with E-state index in [-0.39, 0.29) is 9.92 Å². The lowest BCUT2D eigenvalue weighted by Crippen LogP contribution is -2.29. The van der Waals surface area contributed by atoms with Crippen LogP contribution in [0.3, 0.4) is 0 Å². The van der Waals surface area contributed by atoms with Gasteiger partial charge in [-0.05, 0) is 31.0 Å². The Morgan fingerprint density at radius 2 is 2.10 bits per heavy atom. The topological polar surface area (TPSA) is 49.4 Å². The highest BCUT2D eigenvalue weighted by atomic mass is 35.5. The van der Waals surface area contributed by atoms with Crippen molar-refractivity contribution in [2.24, 2.45) is 5.92 Å². The van der Waals surface area contributed by atoms with Crippen LogP contribution < -0.4 is 5.32 Å². The van der Waals surface area contributed by atoms with Gasteiger partial charge in [0.1, 0.15) is 4.90 Å². The highest BCUT2D eigenvalue weighted by molar-refractivity contribution is 7.89. The minimum Gasteiger partial charge on any atom is -0.313 e. The second-order valence-corrected chi connectivity index (χ2v) is 8.07. The Morgan fingerprint density at radius 1 is 1.38 bits per heavy atom. The highest BCUT2D eigenvalue weighted by Crippen LogP contribution is 2.34. The van der Waals surface area contributed by atoms with Crippen molar-refractivity contribution >= 4 is 33.2 Å². The van der Waals surface area contributed by atoms with Gasteiger partial charge < -0.3 is 5.32 Å². The van der Waals surface area contributed by atoms with E-state index in [1.165, 1.54) is 10.4 Å². The summed E-state index contributed by atoms with van der Waals surface area (Å²) in [7, 11) is -3.55. The Morgan fingerprint density at radius 3 is 2.67 bits per heavy atom. The summed E-state index contributed by atoms with van der Waals surface area (Å²) < 4.78 is 26.9. The number of benzene rings is 1. The monoisotopic (exact) mass is 350 g/mol. The van der Waals surface area contributed by atoms with Crippen molar-refractivity contribution in [1.82, 2.24) is 9.62 Å². The fourth-order valence-corrected chi connectivity index (χ4v) is 4.90. The van der Waals surface area contributed by atoms with Gasteiger partial charge in [0.05, 0.1) is 5.02 Å². The average Bonchev–Trinajstić information content (AvgIpc) is 2.86. The molecule has 0 bridgehead atoms. The molecule has 1 heterocycles. The third-order valence-electron chi connectivity index (χ3n) is 3.71. The molecule has 4 nitrogen and oxygen atoms in total.